The molecule has 0 aromatic rings. The zero-order chi connectivity index (χ0) is 26.8. The molecular weight excluding hydrogens is 530 g/mol. The maximum Gasteiger partial charge on any atom is 0.472 e. The van der Waals surface area contributed by atoms with Gasteiger partial charge < -0.3 is 38.7 Å². The predicted octanol–water partition coefficient (Wildman–Crippen LogP) is 2.36. The number of hydrogen-bond donors (Lipinski definition) is 4. The van der Waals surface area contributed by atoms with E-state index in [9.17, 15) is 29.1 Å². The van der Waals surface area contributed by atoms with Crippen molar-refractivity contribution < 1.29 is 56.9 Å². The molecule has 0 bridgehead atoms. The van der Waals surface area contributed by atoms with E-state index >= 15 is 0 Å². The molecule has 11 atom stereocenters. The first kappa shape index (κ1) is 30.0. The highest BCUT2D eigenvalue weighted by atomic mass is 31.2. The second-order valence-electron chi connectivity index (χ2n) is 10.8. The molecule has 4 aliphatic rings. The van der Waals surface area contributed by atoms with E-state index < -0.39 is 57.5 Å². The van der Waals surface area contributed by atoms with Crippen LogP contribution in [-0.4, -0.2) is 94.8 Å². The molecule has 12 nitrogen and oxygen atoms in total. The minimum atomic E-state index is -4.70. The average molecular weight is 573 g/mol. The van der Waals surface area contributed by atoms with Gasteiger partial charge in [-0.1, -0.05) is 13.8 Å². The van der Waals surface area contributed by atoms with Gasteiger partial charge in [-0.05, 0) is 44.4 Å². The van der Waals surface area contributed by atoms with Crippen molar-refractivity contribution in [3.63, 3.8) is 0 Å². The third-order valence-electron chi connectivity index (χ3n) is 8.34. The average Bonchev–Trinajstić information content (AvgIpc) is 3.57. The van der Waals surface area contributed by atoms with Crippen LogP contribution < -0.4 is 0 Å². The topological polar surface area (TPSA) is 170 Å². The Morgan fingerprint density at radius 1 is 1.03 bits per heavy atom. The lowest BCUT2D eigenvalue weighted by Crippen LogP contribution is -2.53. The summed E-state index contributed by atoms with van der Waals surface area (Å²) in [5.41, 5.74) is -2.47. The van der Waals surface area contributed by atoms with Crippen LogP contribution in [0, 0.1) is 11.8 Å². The normalized spacial score (nSPS) is 44.1. The van der Waals surface area contributed by atoms with Gasteiger partial charge in [0.2, 0.25) is 0 Å². The Morgan fingerprint density at radius 3 is 2.43 bits per heavy atom. The fourth-order valence-corrected chi connectivity index (χ4v) is 9.28. The number of aliphatic hydroxyl groups excluding tert-OH is 2. The Balaban J connectivity index is 1.56. The van der Waals surface area contributed by atoms with Gasteiger partial charge in [-0.25, -0.2) is 4.57 Å². The summed E-state index contributed by atoms with van der Waals surface area (Å²) in [7, 11) is -8.92. The van der Waals surface area contributed by atoms with Crippen LogP contribution in [0.1, 0.15) is 58.8 Å². The number of hydrogen-bond acceptors (Lipinski definition) is 10. The predicted molar refractivity (Wildman–Crippen MR) is 131 cm³/mol. The van der Waals surface area contributed by atoms with Crippen LogP contribution in [0.3, 0.4) is 0 Å². The Labute approximate surface area is 218 Å². The molecule has 3 saturated heterocycles. The van der Waals surface area contributed by atoms with E-state index in [1.165, 1.54) is 0 Å². The van der Waals surface area contributed by atoms with Gasteiger partial charge in [-0.3, -0.25) is 13.6 Å². The van der Waals surface area contributed by atoms with Crippen molar-refractivity contribution in [1.29, 1.82) is 0 Å². The lowest BCUT2D eigenvalue weighted by molar-refractivity contribution is -0.102. The molecule has 1 saturated carbocycles. The fraction of sp³-hybridized carbons (Fsp3) is 1.00. The summed E-state index contributed by atoms with van der Waals surface area (Å²) < 4.78 is 60.4. The van der Waals surface area contributed by atoms with E-state index in [-0.39, 0.29) is 44.2 Å². The lowest BCUT2D eigenvalue weighted by Gasteiger charge is -2.47. The minimum Gasteiger partial charge on any atom is -0.394 e. The van der Waals surface area contributed by atoms with Crippen molar-refractivity contribution in [2.75, 3.05) is 33.0 Å². The number of aliphatic hydroxyl groups is 2. The van der Waals surface area contributed by atoms with Crippen molar-refractivity contribution in [1.82, 2.24) is 0 Å². The van der Waals surface area contributed by atoms with Crippen LogP contribution in [0.2, 0.25) is 0 Å². The van der Waals surface area contributed by atoms with E-state index in [1.807, 2.05) is 13.8 Å². The molecule has 3 heterocycles. The minimum absolute atomic E-state index is 0.0967. The molecule has 0 aromatic heterocycles. The molecule has 0 aromatic carbocycles. The van der Waals surface area contributed by atoms with Gasteiger partial charge in [-0.15, -0.1) is 0 Å². The van der Waals surface area contributed by atoms with Gasteiger partial charge >= 0.3 is 15.4 Å². The van der Waals surface area contributed by atoms with Crippen molar-refractivity contribution in [3.8, 4) is 0 Å². The first-order chi connectivity index (χ1) is 17.5. The SMILES string of the molecule is CC[C@H]1OCCC1OP(=O)(O)C1CCCC(OP(=O)(O)OC[C@H]2OCCC2C)(C2[C@H](O)CO[C@@H]2CO)C1. The summed E-state index contributed by atoms with van der Waals surface area (Å²) in [6.07, 6.45) is -0.407. The lowest BCUT2D eigenvalue weighted by atomic mass is 9.72. The van der Waals surface area contributed by atoms with Gasteiger partial charge in [0.05, 0.1) is 61.6 Å². The van der Waals surface area contributed by atoms with Gasteiger partial charge in [-0.2, -0.15) is 0 Å². The fourth-order valence-electron chi connectivity index (χ4n) is 6.30. The van der Waals surface area contributed by atoms with E-state index in [0.717, 1.165) is 6.42 Å². The Bertz CT molecular complexity index is 860. The van der Waals surface area contributed by atoms with Crippen molar-refractivity contribution in [2.24, 2.45) is 11.8 Å². The van der Waals surface area contributed by atoms with Crippen LogP contribution in [0.4, 0.5) is 0 Å². The molecule has 0 amide bonds. The van der Waals surface area contributed by atoms with Gasteiger partial charge in [0.15, 0.2) is 0 Å². The molecule has 14 heteroatoms. The first-order valence-electron chi connectivity index (χ1n) is 13.3. The van der Waals surface area contributed by atoms with E-state index in [4.69, 9.17) is 27.8 Å². The third-order valence-corrected chi connectivity index (χ3v) is 11.3. The Hall–Kier alpha value is 0.0600. The van der Waals surface area contributed by atoms with Gasteiger partial charge in [0.1, 0.15) is 0 Å². The van der Waals surface area contributed by atoms with E-state index in [2.05, 4.69) is 0 Å². The summed E-state index contributed by atoms with van der Waals surface area (Å²) in [6.45, 7) is 4.17. The second kappa shape index (κ2) is 12.3. The third kappa shape index (κ3) is 6.87. The van der Waals surface area contributed by atoms with Crippen molar-refractivity contribution in [3.05, 3.63) is 0 Å². The zero-order valence-corrected chi connectivity index (χ0v) is 23.3. The standard InChI is InChI=1S/C23H42O12P2/c1-3-18-19(7-10-30-18)34-36(26,27)16-5-4-8-23(11-16,22-17(25)13-32-20(22)12-24)35-37(28,29)33-14-21-15(2)6-9-31-21/h15-22,24-25H,3-14H2,1-2H3,(H,26,27)(H,28,29)/t15?,16?,17-,18-,19?,20-,21-,22?,23?/m1/s1. The van der Waals surface area contributed by atoms with Crippen LogP contribution in [-0.2, 0) is 36.9 Å². The summed E-state index contributed by atoms with van der Waals surface area (Å²) in [5, 5.41) is 20.7. The molecule has 0 spiro atoms. The molecule has 0 radical (unpaired) electrons. The summed E-state index contributed by atoms with van der Waals surface area (Å²) >= 11 is 0. The molecule has 37 heavy (non-hydrogen) atoms. The molecule has 216 valence electrons. The Morgan fingerprint density at radius 2 is 1.76 bits per heavy atom. The molecule has 7 unspecified atom stereocenters. The van der Waals surface area contributed by atoms with Crippen LogP contribution in [0.5, 0.6) is 0 Å². The molecule has 1 aliphatic carbocycles. The van der Waals surface area contributed by atoms with Crippen LogP contribution in [0.25, 0.3) is 0 Å². The molecule has 3 aliphatic heterocycles. The number of ether oxygens (including phenoxy) is 3. The summed E-state index contributed by atoms with van der Waals surface area (Å²) in [6, 6.07) is 0. The first-order valence-corrected chi connectivity index (χ1v) is 16.5. The second-order valence-corrected chi connectivity index (χ2v) is 14.3. The number of phosphoric acid groups is 1. The quantitative estimate of drug-likeness (QED) is 0.267. The zero-order valence-electron chi connectivity index (χ0n) is 21.6. The summed E-state index contributed by atoms with van der Waals surface area (Å²) in [5.74, 6) is -0.759. The maximum atomic E-state index is 13.5. The van der Waals surface area contributed by atoms with Crippen molar-refractivity contribution >= 4 is 15.4 Å². The molecular formula is C23H42O12P2. The van der Waals surface area contributed by atoms with E-state index in [0.29, 0.717) is 38.9 Å². The van der Waals surface area contributed by atoms with Gasteiger partial charge in [0, 0.05) is 25.6 Å². The van der Waals surface area contributed by atoms with E-state index in [1.54, 1.807) is 0 Å². The largest absolute Gasteiger partial charge is 0.472 e. The molecule has 4 fully saturated rings. The number of phosphoric ester groups is 1. The Kier molecular flexibility index (Phi) is 9.97. The van der Waals surface area contributed by atoms with Crippen LogP contribution >= 0.6 is 15.4 Å². The van der Waals surface area contributed by atoms with Crippen molar-refractivity contribution in [2.45, 2.75) is 101 Å². The van der Waals surface area contributed by atoms with Crippen LogP contribution in [0.15, 0.2) is 0 Å². The molecule has 4 rings (SSSR count). The highest BCUT2D eigenvalue weighted by Crippen LogP contribution is 2.62. The summed E-state index contributed by atoms with van der Waals surface area (Å²) in [4.78, 5) is 21.8. The highest BCUT2D eigenvalue weighted by Gasteiger charge is 2.58. The number of rotatable bonds is 11. The monoisotopic (exact) mass is 572 g/mol. The smallest absolute Gasteiger partial charge is 0.394 e. The maximum absolute atomic E-state index is 13.5. The highest BCUT2D eigenvalue weighted by molar-refractivity contribution is 7.53. The van der Waals surface area contributed by atoms with Gasteiger partial charge in [0.25, 0.3) is 0 Å². The molecule has 4 N–H and O–H groups in total.